The van der Waals surface area contributed by atoms with Gasteiger partial charge in [0, 0.05) is 12.6 Å². The molecule has 0 spiro atoms. The smallest absolute Gasteiger partial charge is 0.0827 e. The SMILES string of the molecule is CC(C)NCCCCCOC1CCCc2ccccc21. The second-order valence-electron chi connectivity index (χ2n) is 6.12. The summed E-state index contributed by atoms with van der Waals surface area (Å²) in [5, 5.41) is 3.46. The van der Waals surface area contributed by atoms with Crippen LogP contribution in [-0.4, -0.2) is 19.2 Å². The summed E-state index contributed by atoms with van der Waals surface area (Å²) in [6, 6.07) is 9.37. The van der Waals surface area contributed by atoms with Gasteiger partial charge in [-0.15, -0.1) is 0 Å². The number of hydrogen-bond donors (Lipinski definition) is 1. The van der Waals surface area contributed by atoms with E-state index in [0.717, 1.165) is 13.2 Å². The normalized spacial score (nSPS) is 18.2. The highest BCUT2D eigenvalue weighted by Gasteiger charge is 2.19. The minimum absolute atomic E-state index is 0.341. The molecule has 0 fully saturated rings. The Kier molecular flexibility index (Phi) is 6.55. The zero-order chi connectivity index (χ0) is 14.2. The second kappa shape index (κ2) is 8.43. The molecule has 0 aromatic heterocycles. The van der Waals surface area contributed by atoms with Crippen LogP contribution in [0.5, 0.6) is 0 Å². The molecule has 20 heavy (non-hydrogen) atoms. The zero-order valence-electron chi connectivity index (χ0n) is 13.0. The number of nitrogens with one attached hydrogen (secondary N) is 1. The second-order valence-corrected chi connectivity index (χ2v) is 6.12. The van der Waals surface area contributed by atoms with Gasteiger partial charge >= 0.3 is 0 Å². The Labute approximate surface area is 123 Å². The van der Waals surface area contributed by atoms with Crippen molar-refractivity contribution in [3.8, 4) is 0 Å². The molecule has 1 N–H and O–H groups in total. The molecule has 0 amide bonds. The molecule has 0 radical (unpaired) electrons. The van der Waals surface area contributed by atoms with Gasteiger partial charge in [0.2, 0.25) is 0 Å². The third-order valence-corrected chi connectivity index (χ3v) is 4.01. The molecule has 1 aliphatic rings. The molecule has 2 heteroatoms. The first kappa shape index (κ1) is 15.5. The van der Waals surface area contributed by atoms with E-state index in [1.54, 1.807) is 0 Å². The van der Waals surface area contributed by atoms with Crippen LogP contribution in [0, 0.1) is 0 Å². The molecule has 2 nitrogen and oxygen atoms in total. The number of unbranched alkanes of at least 4 members (excludes halogenated alkanes) is 2. The molecule has 0 saturated heterocycles. The number of fused-ring (bicyclic) bond motifs is 1. The number of aryl methyl sites for hydroxylation is 1. The Morgan fingerprint density at radius 3 is 2.90 bits per heavy atom. The predicted octanol–water partition coefficient (Wildman–Crippen LogP) is 4.25. The van der Waals surface area contributed by atoms with Gasteiger partial charge in [-0.2, -0.15) is 0 Å². The maximum atomic E-state index is 6.12. The topological polar surface area (TPSA) is 21.3 Å². The van der Waals surface area contributed by atoms with Crippen molar-refractivity contribution < 1.29 is 4.74 Å². The standard InChI is InChI=1S/C18H29NO/c1-15(2)19-13-6-3-7-14-20-18-12-8-10-16-9-4-5-11-17(16)18/h4-5,9,11,15,18-19H,3,6-8,10,12-14H2,1-2H3. The lowest BCUT2D eigenvalue weighted by Gasteiger charge is -2.25. The molecule has 1 aliphatic carbocycles. The van der Waals surface area contributed by atoms with Gasteiger partial charge in [0.25, 0.3) is 0 Å². The summed E-state index contributed by atoms with van der Waals surface area (Å²) in [5.74, 6) is 0. The molecule has 1 atom stereocenters. The number of rotatable bonds is 8. The summed E-state index contributed by atoms with van der Waals surface area (Å²) < 4.78 is 6.12. The van der Waals surface area contributed by atoms with Crippen LogP contribution in [0.4, 0.5) is 0 Å². The predicted molar refractivity (Wildman–Crippen MR) is 85.1 cm³/mol. The van der Waals surface area contributed by atoms with E-state index in [1.807, 2.05) is 0 Å². The highest BCUT2D eigenvalue weighted by Crippen LogP contribution is 2.32. The highest BCUT2D eigenvalue weighted by molar-refractivity contribution is 5.31. The molecular weight excluding hydrogens is 246 g/mol. The van der Waals surface area contributed by atoms with Crippen molar-refractivity contribution in [2.75, 3.05) is 13.2 Å². The highest BCUT2D eigenvalue weighted by atomic mass is 16.5. The van der Waals surface area contributed by atoms with Crippen LogP contribution in [0.3, 0.4) is 0 Å². The van der Waals surface area contributed by atoms with Crippen LogP contribution in [-0.2, 0) is 11.2 Å². The summed E-state index contributed by atoms with van der Waals surface area (Å²) in [6.07, 6.45) is 7.70. The summed E-state index contributed by atoms with van der Waals surface area (Å²) in [4.78, 5) is 0. The maximum absolute atomic E-state index is 6.12. The van der Waals surface area contributed by atoms with Gasteiger partial charge in [0.15, 0.2) is 0 Å². The van der Waals surface area contributed by atoms with Gasteiger partial charge in [-0.25, -0.2) is 0 Å². The number of benzene rings is 1. The van der Waals surface area contributed by atoms with Gasteiger partial charge in [0.05, 0.1) is 6.10 Å². The van der Waals surface area contributed by atoms with Crippen molar-refractivity contribution in [2.45, 2.75) is 64.5 Å². The van der Waals surface area contributed by atoms with E-state index in [4.69, 9.17) is 4.74 Å². The molecule has 2 rings (SSSR count). The summed E-state index contributed by atoms with van der Waals surface area (Å²) in [5.41, 5.74) is 2.92. The fraction of sp³-hybridized carbons (Fsp3) is 0.667. The number of ether oxygens (including phenoxy) is 1. The largest absolute Gasteiger partial charge is 0.374 e. The van der Waals surface area contributed by atoms with E-state index in [-0.39, 0.29) is 0 Å². The van der Waals surface area contributed by atoms with Crippen molar-refractivity contribution >= 4 is 0 Å². The molecule has 112 valence electrons. The lowest BCUT2D eigenvalue weighted by Crippen LogP contribution is -2.23. The minimum Gasteiger partial charge on any atom is -0.374 e. The van der Waals surface area contributed by atoms with Gasteiger partial charge in [-0.05, 0) is 56.2 Å². The van der Waals surface area contributed by atoms with Gasteiger partial charge in [-0.3, -0.25) is 0 Å². The van der Waals surface area contributed by atoms with E-state index in [2.05, 4.69) is 43.4 Å². The summed E-state index contributed by atoms with van der Waals surface area (Å²) >= 11 is 0. The third kappa shape index (κ3) is 4.92. The fourth-order valence-electron chi connectivity index (χ4n) is 2.90. The van der Waals surface area contributed by atoms with Crippen LogP contribution < -0.4 is 5.32 Å². The maximum Gasteiger partial charge on any atom is 0.0827 e. The first-order valence-corrected chi connectivity index (χ1v) is 8.20. The van der Waals surface area contributed by atoms with Crippen LogP contribution >= 0.6 is 0 Å². The van der Waals surface area contributed by atoms with Crippen LogP contribution in [0.1, 0.15) is 63.2 Å². The van der Waals surface area contributed by atoms with E-state index in [0.29, 0.717) is 12.1 Å². The lowest BCUT2D eigenvalue weighted by molar-refractivity contribution is 0.0383. The average molecular weight is 275 g/mol. The average Bonchev–Trinajstić information content (AvgIpc) is 2.46. The molecular formula is C18H29NO. The van der Waals surface area contributed by atoms with E-state index in [1.165, 1.54) is 49.7 Å². The Balaban J connectivity index is 1.63. The molecule has 0 aliphatic heterocycles. The Morgan fingerprint density at radius 1 is 1.20 bits per heavy atom. The minimum atomic E-state index is 0.341. The third-order valence-electron chi connectivity index (χ3n) is 4.01. The first-order valence-electron chi connectivity index (χ1n) is 8.20. The monoisotopic (exact) mass is 275 g/mol. The summed E-state index contributed by atoms with van der Waals surface area (Å²) in [6.45, 7) is 6.43. The van der Waals surface area contributed by atoms with Crippen LogP contribution in [0.2, 0.25) is 0 Å². The molecule has 1 aromatic carbocycles. The molecule has 0 saturated carbocycles. The van der Waals surface area contributed by atoms with Gasteiger partial charge in [-0.1, -0.05) is 38.1 Å². The first-order chi connectivity index (χ1) is 9.77. The molecule has 1 aromatic rings. The van der Waals surface area contributed by atoms with Crippen LogP contribution in [0.25, 0.3) is 0 Å². The summed E-state index contributed by atoms with van der Waals surface area (Å²) in [7, 11) is 0. The van der Waals surface area contributed by atoms with Crippen molar-refractivity contribution in [1.82, 2.24) is 5.32 Å². The van der Waals surface area contributed by atoms with Crippen LogP contribution in [0.15, 0.2) is 24.3 Å². The Hall–Kier alpha value is -0.860. The van der Waals surface area contributed by atoms with Crippen molar-refractivity contribution in [3.63, 3.8) is 0 Å². The quantitative estimate of drug-likeness (QED) is 0.716. The molecule has 0 heterocycles. The van der Waals surface area contributed by atoms with E-state index < -0.39 is 0 Å². The molecule has 1 unspecified atom stereocenters. The van der Waals surface area contributed by atoms with Crippen molar-refractivity contribution in [2.24, 2.45) is 0 Å². The van der Waals surface area contributed by atoms with E-state index in [9.17, 15) is 0 Å². The molecule has 0 bridgehead atoms. The fourth-order valence-corrected chi connectivity index (χ4v) is 2.90. The Morgan fingerprint density at radius 2 is 2.05 bits per heavy atom. The van der Waals surface area contributed by atoms with Crippen molar-refractivity contribution in [3.05, 3.63) is 35.4 Å². The van der Waals surface area contributed by atoms with E-state index >= 15 is 0 Å². The van der Waals surface area contributed by atoms with Gasteiger partial charge < -0.3 is 10.1 Å². The zero-order valence-corrected chi connectivity index (χ0v) is 13.0. The van der Waals surface area contributed by atoms with Crippen molar-refractivity contribution in [1.29, 1.82) is 0 Å². The van der Waals surface area contributed by atoms with Gasteiger partial charge in [0.1, 0.15) is 0 Å². The number of hydrogen-bond acceptors (Lipinski definition) is 2. The Bertz CT molecular complexity index is 389. The lowest BCUT2D eigenvalue weighted by atomic mass is 9.89.